The van der Waals surface area contributed by atoms with E-state index < -0.39 is 0 Å². The first kappa shape index (κ1) is 15.6. The summed E-state index contributed by atoms with van der Waals surface area (Å²) in [6.07, 6.45) is 1.71. The topological polar surface area (TPSA) is 115 Å². The summed E-state index contributed by atoms with van der Waals surface area (Å²) >= 11 is 0. The number of nitrogen functional groups attached to an aromatic ring is 1. The van der Waals surface area contributed by atoms with Crippen LogP contribution in [-0.4, -0.2) is 36.5 Å². The number of nitrogens with zero attached hydrogens (tertiary/aromatic N) is 4. The van der Waals surface area contributed by atoms with Crippen LogP contribution < -0.4 is 10.6 Å². The van der Waals surface area contributed by atoms with E-state index in [2.05, 4.69) is 21.2 Å². The number of allylic oxidation sites excluding steroid dienone is 1. The van der Waals surface area contributed by atoms with Crippen molar-refractivity contribution >= 4 is 23.2 Å². The minimum absolute atomic E-state index is 0.0938. The molecule has 1 aliphatic heterocycles. The largest absolute Gasteiger partial charge is 0.381 e. The monoisotopic (exact) mass is 320 g/mol. The van der Waals surface area contributed by atoms with Gasteiger partial charge >= 0.3 is 0 Å². The smallest absolute Gasteiger partial charge is 0.163 e. The molecule has 0 atom stereocenters. The molecule has 1 saturated heterocycles. The number of aromatic nitrogens is 2. The number of hydrogen-bond donors (Lipinski definition) is 2. The van der Waals surface area contributed by atoms with Crippen molar-refractivity contribution in [2.45, 2.75) is 0 Å². The third-order valence-electron chi connectivity index (χ3n) is 3.88. The molecule has 1 aromatic carbocycles. The van der Waals surface area contributed by atoms with Crippen LogP contribution in [0.2, 0.25) is 0 Å². The van der Waals surface area contributed by atoms with Crippen LogP contribution in [-0.2, 0) is 4.74 Å². The molecule has 0 radical (unpaired) electrons. The molecule has 1 aromatic heterocycles. The van der Waals surface area contributed by atoms with Crippen LogP contribution in [0, 0.1) is 22.7 Å². The quantitative estimate of drug-likeness (QED) is 0.833. The number of anilines is 2. The molecule has 2 heterocycles. The average Bonchev–Trinajstić information content (AvgIpc) is 3.01. The maximum atomic E-state index is 9.39. The minimum atomic E-state index is 0.0938. The van der Waals surface area contributed by atoms with Crippen LogP contribution in [0.25, 0.3) is 11.6 Å². The Morgan fingerprint density at radius 3 is 2.58 bits per heavy atom. The molecule has 24 heavy (non-hydrogen) atoms. The number of nitrogens with two attached hydrogens (primary N) is 1. The first-order valence-corrected chi connectivity index (χ1v) is 7.52. The van der Waals surface area contributed by atoms with Crippen LogP contribution in [0.4, 0.5) is 11.5 Å². The summed E-state index contributed by atoms with van der Waals surface area (Å²) in [5, 5.41) is 25.0. The zero-order valence-electron chi connectivity index (χ0n) is 13.0. The van der Waals surface area contributed by atoms with E-state index in [9.17, 15) is 5.26 Å². The van der Waals surface area contributed by atoms with Gasteiger partial charge in [0.25, 0.3) is 0 Å². The van der Waals surface area contributed by atoms with Crippen LogP contribution in [0.5, 0.6) is 0 Å². The third-order valence-corrected chi connectivity index (χ3v) is 3.88. The van der Waals surface area contributed by atoms with E-state index in [-0.39, 0.29) is 11.4 Å². The second-order valence-electron chi connectivity index (χ2n) is 5.33. The Labute approximate surface area is 139 Å². The van der Waals surface area contributed by atoms with E-state index in [1.165, 1.54) is 0 Å². The third kappa shape index (κ3) is 3.07. The van der Waals surface area contributed by atoms with Crippen molar-refractivity contribution in [3.8, 4) is 12.1 Å². The van der Waals surface area contributed by atoms with E-state index in [1.807, 2.05) is 30.3 Å². The van der Waals surface area contributed by atoms with E-state index in [1.54, 1.807) is 6.08 Å². The highest BCUT2D eigenvalue weighted by molar-refractivity contribution is 5.91. The summed E-state index contributed by atoms with van der Waals surface area (Å²) in [7, 11) is 0. The molecule has 0 spiro atoms. The molecule has 7 heteroatoms. The van der Waals surface area contributed by atoms with E-state index in [0.29, 0.717) is 11.3 Å². The van der Waals surface area contributed by atoms with Crippen LogP contribution in [0.1, 0.15) is 16.8 Å². The summed E-state index contributed by atoms with van der Waals surface area (Å²) < 4.78 is 5.35. The van der Waals surface area contributed by atoms with Gasteiger partial charge in [-0.15, -0.1) is 0 Å². The number of ether oxygens (including phenoxy) is 1. The van der Waals surface area contributed by atoms with Gasteiger partial charge in [0.05, 0.1) is 24.5 Å². The molecule has 0 saturated carbocycles. The summed E-state index contributed by atoms with van der Waals surface area (Å²) in [6, 6.07) is 12.0. The predicted octanol–water partition coefficient (Wildman–Crippen LogP) is 1.76. The molecular formula is C17H16N6O. The van der Waals surface area contributed by atoms with Crippen molar-refractivity contribution in [3.63, 3.8) is 0 Å². The van der Waals surface area contributed by atoms with E-state index in [0.717, 1.165) is 37.6 Å². The molecule has 3 rings (SSSR count). The van der Waals surface area contributed by atoms with Gasteiger partial charge in [0.2, 0.25) is 0 Å². The molecule has 0 aliphatic carbocycles. The normalized spacial score (nSPS) is 14.9. The second-order valence-corrected chi connectivity index (χ2v) is 5.33. The molecule has 7 nitrogen and oxygen atoms in total. The standard InChI is InChI=1S/C17H16N6O/c18-10-13(16-15(11-19)17(20)22-21-16)9-12-1-3-14(4-2-12)23-5-7-24-8-6-23/h1-4,9H,5-8H2,(H3,20,21,22). The van der Waals surface area contributed by atoms with Crippen LogP contribution in [0.15, 0.2) is 24.3 Å². The number of aromatic amines is 1. The molecule has 1 fully saturated rings. The van der Waals surface area contributed by atoms with Crippen LogP contribution in [0.3, 0.4) is 0 Å². The maximum absolute atomic E-state index is 9.39. The Morgan fingerprint density at radius 2 is 1.96 bits per heavy atom. The number of hydrogen-bond acceptors (Lipinski definition) is 6. The van der Waals surface area contributed by atoms with Gasteiger partial charge in [0, 0.05) is 18.8 Å². The van der Waals surface area contributed by atoms with E-state index >= 15 is 0 Å². The highest BCUT2D eigenvalue weighted by atomic mass is 16.5. The fraction of sp³-hybridized carbons (Fsp3) is 0.235. The van der Waals surface area contributed by atoms with Crippen molar-refractivity contribution in [1.29, 1.82) is 10.5 Å². The Bertz CT molecular complexity index is 831. The summed E-state index contributed by atoms with van der Waals surface area (Å²) in [6.45, 7) is 3.21. The Balaban J connectivity index is 1.86. The molecule has 0 amide bonds. The Hall–Kier alpha value is -3.29. The van der Waals surface area contributed by atoms with Gasteiger partial charge < -0.3 is 15.4 Å². The zero-order chi connectivity index (χ0) is 16.9. The number of rotatable bonds is 3. The number of H-pyrrole nitrogens is 1. The lowest BCUT2D eigenvalue weighted by Crippen LogP contribution is -2.36. The summed E-state index contributed by atoms with van der Waals surface area (Å²) in [4.78, 5) is 2.26. The Morgan fingerprint density at radius 1 is 1.25 bits per heavy atom. The molecule has 0 bridgehead atoms. The molecule has 0 unspecified atom stereocenters. The fourth-order valence-corrected chi connectivity index (χ4v) is 2.59. The minimum Gasteiger partial charge on any atom is -0.381 e. The second kappa shape index (κ2) is 6.86. The average molecular weight is 320 g/mol. The SMILES string of the molecule is N#CC(=Cc1ccc(N2CCOCC2)cc1)c1[nH]nc(N)c1C#N. The van der Waals surface area contributed by atoms with Crippen molar-refractivity contribution in [2.75, 3.05) is 36.9 Å². The highest BCUT2D eigenvalue weighted by Gasteiger charge is 2.15. The lowest BCUT2D eigenvalue weighted by molar-refractivity contribution is 0.122. The van der Waals surface area contributed by atoms with E-state index in [4.69, 9.17) is 15.7 Å². The number of benzene rings is 1. The van der Waals surface area contributed by atoms with Crippen molar-refractivity contribution in [1.82, 2.24) is 10.2 Å². The number of morpholine rings is 1. The first-order valence-electron chi connectivity index (χ1n) is 7.52. The molecular weight excluding hydrogens is 304 g/mol. The van der Waals surface area contributed by atoms with Gasteiger partial charge in [0.15, 0.2) is 5.82 Å². The summed E-state index contributed by atoms with van der Waals surface area (Å²) in [5.41, 5.74) is 8.45. The van der Waals surface area contributed by atoms with Gasteiger partial charge in [-0.25, -0.2) is 0 Å². The van der Waals surface area contributed by atoms with Crippen LogP contribution >= 0.6 is 0 Å². The van der Waals surface area contributed by atoms with Crippen molar-refractivity contribution in [3.05, 3.63) is 41.1 Å². The fourth-order valence-electron chi connectivity index (χ4n) is 2.59. The van der Waals surface area contributed by atoms with Gasteiger partial charge in [0.1, 0.15) is 17.7 Å². The molecule has 3 N–H and O–H groups in total. The highest BCUT2D eigenvalue weighted by Crippen LogP contribution is 2.24. The van der Waals surface area contributed by atoms with Gasteiger partial charge in [-0.3, -0.25) is 5.10 Å². The summed E-state index contributed by atoms with van der Waals surface area (Å²) in [5.74, 6) is 0.0938. The van der Waals surface area contributed by atoms with Crippen molar-refractivity contribution < 1.29 is 4.74 Å². The predicted molar refractivity (Wildman–Crippen MR) is 90.7 cm³/mol. The lowest BCUT2D eigenvalue weighted by Gasteiger charge is -2.28. The maximum Gasteiger partial charge on any atom is 0.163 e. The lowest BCUT2D eigenvalue weighted by atomic mass is 10.1. The van der Waals surface area contributed by atoms with Gasteiger partial charge in [-0.2, -0.15) is 15.6 Å². The Kier molecular flexibility index (Phi) is 4.46. The molecule has 120 valence electrons. The zero-order valence-corrected chi connectivity index (χ0v) is 13.0. The number of nitrogens with one attached hydrogen (secondary N) is 1. The van der Waals surface area contributed by atoms with Gasteiger partial charge in [-0.1, -0.05) is 12.1 Å². The molecule has 2 aromatic rings. The first-order chi connectivity index (χ1) is 11.7. The number of nitriles is 2. The molecule has 1 aliphatic rings. The van der Waals surface area contributed by atoms with Crippen molar-refractivity contribution in [2.24, 2.45) is 0 Å². The van der Waals surface area contributed by atoms with Gasteiger partial charge in [-0.05, 0) is 23.8 Å².